The summed E-state index contributed by atoms with van der Waals surface area (Å²) in [6.45, 7) is 1.55. The number of hydrogen-bond donors (Lipinski definition) is 2. The lowest BCUT2D eigenvalue weighted by molar-refractivity contribution is -0.384. The molecule has 10 heteroatoms. The van der Waals surface area contributed by atoms with Gasteiger partial charge in [-0.15, -0.1) is 11.3 Å². The van der Waals surface area contributed by atoms with E-state index in [1.165, 1.54) is 6.07 Å². The molecule has 2 rings (SSSR count). The van der Waals surface area contributed by atoms with Crippen LogP contribution in [0.4, 0.5) is 10.7 Å². The third-order valence-corrected chi connectivity index (χ3v) is 4.65. The monoisotopic (exact) mass is 364 g/mol. The Kier molecular flexibility index (Phi) is 4.82. The highest BCUT2D eigenvalue weighted by molar-refractivity contribution is 7.18. The number of benzene rings is 1. The molecular formula is C14H9ClN4O4S. The number of amides is 2. The van der Waals surface area contributed by atoms with E-state index < -0.39 is 16.7 Å². The van der Waals surface area contributed by atoms with Gasteiger partial charge in [-0.1, -0.05) is 11.6 Å². The lowest BCUT2D eigenvalue weighted by Gasteiger charge is -2.05. The molecular weight excluding hydrogens is 356 g/mol. The van der Waals surface area contributed by atoms with E-state index in [1.807, 2.05) is 6.07 Å². The van der Waals surface area contributed by atoms with Crippen LogP contribution < -0.4 is 11.1 Å². The van der Waals surface area contributed by atoms with Crippen molar-refractivity contribution in [3.63, 3.8) is 0 Å². The molecule has 0 aliphatic heterocycles. The molecule has 8 nitrogen and oxygen atoms in total. The van der Waals surface area contributed by atoms with Gasteiger partial charge in [-0.2, -0.15) is 5.26 Å². The second kappa shape index (κ2) is 6.66. The molecule has 0 fully saturated rings. The van der Waals surface area contributed by atoms with Crippen LogP contribution in [0.3, 0.4) is 0 Å². The number of primary amides is 1. The summed E-state index contributed by atoms with van der Waals surface area (Å²) >= 11 is 6.77. The van der Waals surface area contributed by atoms with Gasteiger partial charge in [-0.05, 0) is 18.6 Å². The maximum absolute atomic E-state index is 12.3. The first-order valence-corrected chi connectivity index (χ1v) is 7.54. The second-order valence-corrected chi connectivity index (χ2v) is 6.04. The number of carbonyl (C=O) groups excluding carboxylic acids is 2. The Morgan fingerprint density at radius 3 is 2.62 bits per heavy atom. The minimum Gasteiger partial charge on any atom is -0.365 e. The van der Waals surface area contributed by atoms with Gasteiger partial charge in [0.05, 0.1) is 25.9 Å². The zero-order valence-corrected chi connectivity index (χ0v) is 13.7. The summed E-state index contributed by atoms with van der Waals surface area (Å²) in [6, 6.07) is 5.30. The number of rotatable bonds is 4. The van der Waals surface area contributed by atoms with Crippen molar-refractivity contribution < 1.29 is 14.5 Å². The van der Waals surface area contributed by atoms with Crippen molar-refractivity contribution >= 4 is 45.4 Å². The smallest absolute Gasteiger partial charge is 0.270 e. The number of nitriles is 1. The Balaban J connectivity index is 2.37. The van der Waals surface area contributed by atoms with Crippen molar-refractivity contribution in [2.75, 3.05) is 5.32 Å². The number of nitro benzene ring substituents is 1. The number of hydrogen-bond acceptors (Lipinski definition) is 6. The van der Waals surface area contributed by atoms with E-state index in [0.717, 1.165) is 23.5 Å². The average molecular weight is 365 g/mol. The van der Waals surface area contributed by atoms with E-state index in [2.05, 4.69) is 5.32 Å². The Hall–Kier alpha value is -2.96. The van der Waals surface area contributed by atoms with Crippen molar-refractivity contribution in [3.8, 4) is 6.07 Å². The minimum absolute atomic E-state index is 0.00201. The normalized spacial score (nSPS) is 10.0. The summed E-state index contributed by atoms with van der Waals surface area (Å²) < 4.78 is 0. The third-order valence-electron chi connectivity index (χ3n) is 3.12. The van der Waals surface area contributed by atoms with Gasteiger partial charge in [-0.3, -0.25) is 19.7 Å². The van der Waals surface area contributed by atoms with Crippen LogP contribution in [-0.2, 0) is 0 Å². The number of nitrogens with one attached hydrogen (secondary N) is 1. The summed E-state index contributed by atoms with van der Waals surface area (Å²) in [6.07, 6.45) is 0. The topological polar surface area (TPSA) is 139 Å². The Labute approximate surface area is 144 Å². The molecule has 0 atom stereocenters. The van der Waals surface area contributed by atoms with Crippen LogP contribution in [0.5, 0.6) is 0 Å². The number of anilines is 1. The summed E-state index contributed by atoms with van der Waals surface area (Å²) in [7, 11) is 0. The van der Waals surface area contributed by atoms with E-state index in [9.17, 15) is 25.0 Å². The first kappa shape index (κ1) is 17.4. The molecule has 0 saturated carbocycles. The van der Waals surface area contributed by atoms with Crippen LogP contribution in [0.1, 0.15) is 31.2 Å². The van der Waals surface area contributed by atoms with Gasteiger partial charge in [0.25, 0.3) is 17.5 Å². The lowest BCUT2D eigenvalue weighted by Crippen LogP contribution is -2.12. The molecule has 122 valence electrons. The third kappa shape index (κ3) is 3.19. The van der Waals surface area contributed by atoms with E-state index >= 15 is 0 Å². The van der Waals surface area contributed by atoms with Gasteiger partial charge >= 0.3 is 0 Å². The Morgan fingerprint density at radius 2 is 2.12 bits per heavy atom. The molecule has 0 saturated heterocycles. The fourth-order valence-corrected chi connectivity index (χ4v) is 3.21. The first-order valence-electron chi connectivity index (χ1n) is 6.34. The highest BCUT2D eigenvalue weighted by Gasteiger charge is 2.21. The van der Waals surface area contributed by atoms with Gasteiger partial charge in [-0.25, -0.2) is 0 Å². The molecule has 1 aromatic heterocycles. The number of halogens is 1. The van der Waals surface area contributed by atoms with Crippen molar-refractivity contribution in [1.29, 1.82) is 5.26 Å². The van der Waals surface area contributed by atoms with Crippen LogP contribution in [0.15, 0.2) is 18.2 Å². The van der Waals surface area contributed by atoms with E-state index in [-0.39, 0.29) is 31.7 Å². The molecule has 3 N–H and O–H groups in total. The van der Waals surface area contributed by atoms with Crippen LogP contribution in [0.2, 0.25) is 5.02 Å². The number of nitro groups is 1. The van der Waals surface area contributed by atoms with Gasteiger partial charge in [0.2, 0.25) is 0 Å². The van der Waals surface area contributed by atoms with Crippen molar-refractivity contribution in [2.45, 2.75) is 6.92 Å². The van der Waals surface area contributed by atoms with Crippen LogP contribution in [-0.4, -0.2) is 16.7 Å². The quantitative estimate of drug-likeness (QED) is 0.634. The number of nitrogens with two attached hydrogens (primary N) is 1. The molecule has 24 heavy (non-hydrogen) atoms. The number of non-ortho nitro benzene ring substituents is 1. The molecule has 2 aromatic rings. The molecule has 0 radical (unpaired) electrons. The fourth-order valence-electron chi connectivity index (χ4n) is 1.94. The lowest BCUT2D eigenvalue weighted by atomic mass is 10.1. The SMILES string of the molecule is Cc1c(C(N)=O)sc(NC(=O)c2ccc([N+](=O)[O-])cc2Cl)c1C#N. The summed E-state index contributed by atoms with van der Waals surface area (Å²) in [5.41, 5.74) is 5.47. The standard InChI is InChI=1S/C14H9ClN4O4S/c1-6-9(5-16)14(24-11(6)12(17)20)18-13(21)8-3-2-7(19(22)23)4-10(8)15/h2-4H,1H3,(H2,17,20)(H,18,21). The van der Waals surface area contributed by atoms with Crippen molar-refractivity contribution in [2.24, 2.45) is 5.73 Å². The number of carbonyl (C=O) groups is 2. The molecule has 0 aliphatic carbocycles. The first-order chi connectivity index (χ1) is 11.3. The Morgan fingerprint density at radius 1 is 1.46 bits per heavy atom. The summed E-state index contributed by atoms with van der Waals surface area (Å²) in [5.74, 6) is -1.37. The van der Waals surface area contributed by atoms with E-state index in [0.29, 0.717) is 5.56 Å². The molecule has 1 aromatic carbocycles. The molecule has 2 amide bonds. The van der Waals surface area contributed by atoms with Gasteiger partial charge in [0.1, 0.15) is 11.1 Å². The summed E-state index contributed by atoms with van der Waals surface area (Å²) in [4.78, 5) is 33.8. The molecule has 0 bridgehead atoms. The van der Waals surface area contributed by atoms with Gasteiger partial charge < -0.3 is 11.1 Å². The Bertz CT molecular complexity index is 916. The molecule has 1 heterocycles. The molecule has 0 aliphatic rings. The highest BCUT2D eigenvalue weighted by Crippen LogP contribution is 2.33. The maximum atomic E-state index is 12.3. The van der Waals surface area contributed by atoms with E-state index in [1.54, 1.807) is 6.92 Å². The fraction of sp³-hybridized carbons (Fsp3) is 0.0714. The summed E-state index contributed by atoms with van der Waals surface area (Å²) in [5, 5.41) is 22.4. The maximum Gasteiger partial charge on any atom is 0.270 e. The zero-order chi connectivity index (χ0) is 18.0. The average Bonchev–Trinajstić information content (AvgIpc) is 2.82. The van der Waals surface area contributed by atoms with Gasteiger partial charge in [0, 0.05) is 12.1 Å². The van der Waals surface area contributed by atoms with E-state index in [4.69, 9.17) is 17.3 Å². The predicted octanol–water partition coefficient (Wildman–Crippen LogP) is 2.84. The highest BCUT2D eigenvalue weighted by atomic mass is 35.5. The van der Waals surface area contributed by atoms with Crippen molar-refractivity contribution in [3.05, 3.63) is 54.9 Å². The second-order valence-electron chi connectivity index (χ2n) is 4.61. The predicted molar refractivity (Wildman–Crippen MR) is 88.3 cm³/mol. The number of thiophene rings is 1. The zero-order valence-electron chi connectivity index (χ0n) is 12.1. The largest absolute Gasteiger partial charge is 0.365 e. The van der Waals surface area contributed by atoms with Crippen LogP contribution >= 0.6 is 22.9 Å². The van der Waals surface area contributed by atoms with Crippen LogP contribution in [0, 0.1) is 28.4 Å². The minimum atomic E-state index is -0.706. The molecule has 0 spiro atoms. The van der Waals surface area contributed by atoms with Crippen LogP contribution in [0.25, 0.3) is 0 Å². The number of nitrogens with zero attached hydrogens (tertiary/aromatic N) is 2. The van der Waals surface area contributed by atoms with Gasteiger partial charge in [0.15, 0.2) is 0 Å². The molecule has 0 unspecified atom stereocenters. The van der Waals surface area contributed by atoms with Crippen molar-refractivity contribution in [1.82, 2.24) is 0 Å².